The number of likely N-dealkylation sites (tertiary alicyclic amines) is 1. The standard InChI is InChI=1S/C22H21Cl2NO5/c1-28-13-3-4-14-17(26)12-22(30-18(14)11-13)7-9-25(10-8-22)21(27)19-15(23)5-6-16(24)20(19)29-2/h3-6,11H,7-10,12H2,1-2H3. The van der Waals surface area contributed by atoms with E-state index < -0.39 is 5.60 Å². The number of fused-ring (bicyclic) bond motifs is 1. The summed E-state index contributed by atoms with van der Waals surface area (Å²) in [5, 5.41) is 0.608. The van der Waals surface area contributed by atoms with Gasteiger partial charge in [0.05, 0.1) is 36.2 Å². The molecule has 0 radical (unpaired) electrons. The van der Waals surface area contributed by atoms with Gasteiger partial charge in [-0.25, -0.2) is 0 Å². The van der Waals surface area contributed by atoms with Crippen LogP contribution < -0.4 is 14.2 Å². The van der Waals surface area contributed by atoms with Crippen molar-refractivity contribution in [2.24, 2.45) is 0 Å². The molecule has 1 saturated heterocycles. The number of carbonyl (C=O) groups is 2. The molecular weight excluding hydrogens is 429 g/mol. The Bertz CT molecular complexity index is 1010. The first-order chi connectivity index (χ1) is 14.4. The van der Waals surface area contributed by atoms with Gasteiger partial charge in [-0.1, -0.05) is 23.2 Å². The number of hydrogen-bond donors (Lipinski definition) is 0. The van der Waals surface area contributed by atoms with Crippen molar-refractivity contribution >= 4 is 34.9 Å². The normalized spacial score (nSPS) is 17.3. The number of ketones is 1. The third kappa shape index (κ3) is 3.59. The van der Waals surface area contributed by atoms with Crippen LogP contribution in [-0.2, 0) is 0 Å². The van der Waals surface area contributed by atoms with Crippen LogP contribution in [-0.4, -0.2) is 49.5 Å². The minimum atomic E-state index is -0.630. The third-order valence-electron chi connectivity index (χ3n) is 5.74. The second-order valence-corrected chi connectivity index (χ2v) is 8.29. The third-order valence-corrected chi connectivity index (χ3v) is 6.35. The van der Waals surface area contributed by atoms with Crippen molar-refractivity contribution in [1.29, 1.82) is 0 Å². The van der Waals surface area contributed by atoms with Gasteiger partial charge in [0.1, 0.15) is 22.7 Å². The van der Waals surface area contributed by atoms with Crippen LogP contribution in [0.4, 0.5) is 0 Å². The first kappa shape index (κ1) is 20.8. The summed E-state index contributed by atoms with van der Waals surface area (Å²) < 4.78 is 16.8. The van der Waals surface area contributed by atoms with Crippen molar-refractivity contribution in [2.75, 3.05) is 27.3 Å². The Hall–Kier alpha value is -2.44. The first-order valence-corrected chi connectivity index (χ1v) is 10.3. The van der Waals surface area contributed by atoms with Crippen molar-refractivity contribution in [2.45, 2.75) is 24.9 Å². The molecule has 0 atom stereocenters. The van der Waals surface area contributed by atoms with E-state index in [-0.39, 0.29) is 34.4 Å². The molecule has 2 aromatic carbocycles. The van der Waals surface area contributed by atoms with E-state index in [1.807, 2.05) is 0 Å². The van der Waals surface area contributed by atoms with E-state index in [1.165, 1.54) is 7.11 Å². The van der Waals surface area contributed by atoms with Crippen LogP contribution in [0.2, 0.25) is 10.0 Å². The highest BCUT2D eigenvalue weighted by Crippen LogP contribution is 2.42. The average Bonchev–Trinajstić information content (AvgIpc) is 2.74. The van der Waals surface area contributed by atoms with Gasteiger partial charge in [-0.3, -0.25) is 9.59 Å². The number of nitrogens with zero attached hydrogens (tertiary/aromatic N) is 1. The van der Waals surface area contributed by atoms with Crippen LogP contribution in [0.5, 0.6) is 17.2 Å². The molecule has 0 bridgehead atoms. The minimum absolute atomic E-state index is 0.0400. The van der Waals surface area contributed by atoms with Gasteiger partial charge in [0.2, 0.25) is 0 Å². The Morgan fingerprint density at radius 1 is 1.07 bits per heavy atom. The van der Waals surface area contributed by atoms with E-state index in [1.54, 1.807) is 42.3 Å². The zero-order valence-corrected chi connectivity index (χ0v) is 18.2. The van der Waals surface area contributed by atoms with E-state index in [0.29, 0.717) is 48.0 Å². The number of methoxy groups -OCH3 is 2. The number of hydrogen-bond acceptors (Lipinski definition) is 5. The average molecular weight is 450 g/mol. The van der Waals surface area contributed by atoms with E-state index in [2.05, 4.69) is 0 Å². The minimum Gasteiger partial charge on any atom is -0.497 e. The summed E-state index contributed by atoms with van der Waals surface area (Å²) in [6.45, 7) is 0.856. The quantitative estimate of drug-likeness (QED) is 0.681. The maximum absolute atomic E-state index is 13.1. The lowest BCUT2D eigenvalue weighted by molar-refractivity contribution is -0.00585. The van der Waals surface area contributed by atoms with Gasteiger partial charge >= 0.3 is 0 Å². The number of piperidine rings is 1. The lowest BCUT2D eigenvalue weighted by atomic mass is 9.82. The smallest absolute Gasteiger partial charge is 0.259 e. The predicted molar refractivity (Wildman–Crippen MR) is 113 cm³/mol. The van der Waals surface area contributed by atoms with E-state index in [0.717, 1.165) is 0 Å². The molecule has 158 valence electrons. The second-order valence-electron chi connectivity index (χ2n) is 7.48. The molecule has 4 rings (SSSR count). The zero-order chi connectivity index (χ0) is 21.5. The molecular formula is C22H21Cl2NO5. The highest BCUT2D eigenvalue weighted by molar-refractivity contribution is 6.37. The lowest BCUT2D eigenvalue weighted by Crippen LogP contribution is -2.52. The molecule has 0 unspecified atom stereocenters. The Morgan fingerprint density at radius 2 is 1.77 bits per heavy atom. The topological polar surface area (TPSA) is 65.1 Å². The summed E-state index contributed by atoms with van der Waals surface area (Å²) in [4.78, 5) is 27.6. The number of rotatable bonds is 3. The van der Waals surface area contributed by atoms with Crippen LogP contribution in [0.3, 0.4) is 0 Å². The maximum atomic E-state index is 13.1. The van der Waals surface area contributed by atoms with Crippen LogP contribution in [0.25, 0.3) is 0 Å². The summed E-state index contributed by atoms with van der Waals surface area (Å²) in [5.74, 6) is 1.22. The molecule has 0 N–H and O–H groups in total. The molecule has 30 heavy (non-hydrogen) atoms. The van der Waals surface area contributed by atoms with Crippen molar-refractivity contribution in [3.05, 3.63) is 51.5 Å². The van der Waals surface area contributed by atoms with Crippen molar-refractivity contribution in [3.63, 3.8) is 0 Å². The fourth-order valence-electron chi connectivity index (χ4n) is 4.09. The summed E-state index contributed by atoms with van der Waals surface area (Å²) in [6, 6.07) is 8.40. The number of amides is 1. The van der Waals surface area contributed by atoms with Crippen LogP contribution in [0.1, 0.15) is 40.0 Å². The maximum Gasteiger partial charge on any atom is 0.259 e. The Morgan fingerprint density at radius 3 is 2.43 bits per heavy atom. The SMILES string of the molecule is COc1ccc2c(c1)OC1(CCN(C(=O)c3c(Cl)ccc(Cl)c3OC)CC1)CC2=O. The van der Waals surface area contributed by atoms with Crippen LogP contribution in [0.15, 0.2) is 30.3 Å². The number of halogens is 2. The number of carbonyl (C=O) groups excluding carboxylic acids is 2. The highest BCUT2D eigenvalue weighted by Gasteiger charge is 2.44. The Labute approximate surface area is 184 Å². The summed E-state index contributed by atoms with van der Waals surface area (Å²) in [5.41, 5.74) is 0.184. The molecule has 2 aromatic rings. The van der Waals surface area contributed by atoms with E-state index in [4.69, 9.17) is 37.4 Å². The zero-order valence-electron chi connectivity index (χ0n) is 16.7. The van der Waals surface area contributed by atoms with Crippen molar-refractivity contribution in [3.8, 4) is 17.2 Å². The first-order valence-electron chi connectivity index (χ1n) is 9.59. The second kappa shape index (κ2) is 8.00. The summed E-state index contributed by atoms with van der Waals surface area (Å²) in [7, 11) is 3.02. The Kier molecular flexibility index (Phi) is 5.55. The Balaban J connectivity index is 1.54. The molecule has 0 aromatic heterocycles. The van der Waals surface area contributed by atoms with Gasteiger partial charge in [0.15, 0.2) is 11.5 Å². The molecule has 2 heterocycles. The van der Waals surface area contributed by atoms with E-state index >= 15 is 0 Å². The fraction of sp³-hybridized carbons (Fsp3) is 0.364. The van der Waals surface area contributed by atoms with Gasteiger partial charge < -0.3 is 19.1 Å². The number of benzene rings is 2. The molecule has 6 nitrogen and oxygen atoms in total. The van der Waals surface area contributed by atoms with E-state index in [9.17, 15) is 9.59 Å². The van der Waals surface area contributed by atoms with Crippen molar-refractivity contribution < 1.29 is 23.8 Å². The summed E-state index contributed by atoms with van der Waals surface area (Å²) >= 11 is 12.4. The number of ether oxygens (including phenoxy) is 3. The largest absolute Gasteiger partial charge is 0.497 e. The molecule has 2 aliphatic heterocycles. The van der Waals surface area contributed by atoms with Gasteiger partial charge in [0.25, 0.3) is 5.91 Å². The fourth-order valence-corrected chi connectivity index (χ4v) is 4.55. The molecule has 0 saturated carbocycles. The monoisotopic (exact) mass is 449 g/mol. The number of Topliss-reactive ketones (excluding diaryl/α,β-unsaturated/α-hetero) is 1. The highest BCUT2D eigenvalue weighted by atomic mass is 35.5. The van der Waals surface area contributed by atoms with Crippen LogP contribution in [0, 0.1) is 0 Å². The molecule has 2 aliphatic rings. The van der Waals surface area contributed by atoms with Gasteiger partial charge in [0, 0.05) is 32.0 Å². The molecule has 8 heteroatoms. The van der Waals surface area contributed by atoms with Gasteiger partial charge in [-0.2, -0.15) is 0 Å². The lowest BCUT2D eigenvalue weighted by Gasteiger charge is -2.44. The molecule has 1 amide bonds. The molecule has 1 spiro atoms. The van der Waals surface area contributed by atoms with Gasteiger partial charge in [-0.05, 0) is 24.3 Å². The van der Waals surface area contributed by atoms with Gasteiger partial charge in [-0.15, -0.1) is 0 Å². The van der Waals surface area contributed by atoms with Crippen LogP contribution >= 0.6 is 23.2 Å². The predicted octanol–water partition coefficient (Wildman–Crippen LogP) is 4.65. The summed E-state index contributed by atoms with van der Waals surface area (Å²) in [6.07, 6.45) is 1.35. The van der Waals surface area contributed by atoms with Crippen molar-refractivity contribution in [1.82, 2.24) is 4.90 Å². The molecule has 1 fully saturated rings. The molecule has 0 aliphatic carbocycles.